The summed E-state index contributed by atoms with van der Waals surface area (Å²) in [6.07, 6.45) is 7.16. The van der Waals surface area contributed by atoms with E-state index < -0.39 is 0 Å². The molecule has 2 aliphatic rings. The van der Waals surface area contributed by atoms with Crippen molar-refractivity contribution in [1.82, 2.24) is 14.3 Å². The van der Waals surface area contributed by atoms with Crippen LogP contribution in [-0.4, -0.2) is 40.6 Å². The van der Waals surface area contributed by atoms with Gasteiger partial charge >= 0.3 is 0 Å². The Bertz CT molecular complexity index is 990. The number of nitrogens with zero attached hydrogens (tertiary/aromatic N) is 3. The van der Waals surface area contributed by atoms with Crippen LogP contribution >= 0.6 is 0 Å². The number of anilines is 1. The summed E-state index contributed by atoms with van der Waals surface area (Å²) in [6.45, 7) is 4.32. The van der Waals surface area contributed by atoms with Crippen LogP contribution in [0.3, 0.4) is 0 Å². The first-order valence-corrected chi connectivity index (χ1v) is 10.2. The standard InChI is InChI=1S/C22H26N4O2/c23-17-6-8-21-24-22(16-5-7-19-20(13-16)28-12-11-27-19)18(26(21)14-17)15-25-9-3-1-2-4-10-25/h5-8,13-14H,1-4,9-12,15,23H2. The van der Waals surface area contributed by atoms with Crippen LogP contribution < -0.4 is 15.2 Å². The van der Waals surface area contributed by atoms with E-state index in [1.807, 2.05) is 30.5 Å². The summed E-state index contributed by atoms with van der Waals surface area (Å²) < 4.78 is 13.6. The summed E-state index contributed by atoms with van der Waals surface area (Å²) in [7, 11) is 0. The fraction of sp³-hybridized carbons (Fsp3) is 0.409. The van der Waals surface area contributed by atoms with Crippen LogP contribution in [-0.2, 0) is 6.54 Å². The average molecular weight is 378 g/mol. The van der Waals surface area contributed by atoms with Crippen molar-refractivity contribution in [3.8, 4) is 22.8 Å². The van der Waals surface area contributed by atoms with Gasteiger partial charge in [-0.15, -0.1) is 0 Å². The van der Waals surface area contributed by atoms with E-state index in [9.17, 15) is 0 Å². The number of imidazole rings is 1. The number of fused-ring (bicyclic) bond motifs is 2. The van der Waals surface area contributed by atoms with E-state index in [1.165, 1.54) is 31.4 Å². The van der Waals surface area contributed by atoms with Crippen molar-refractivity contribution in [1.29, 1.82) is 0 Å². The van der Waals surface area contributed by atoms with Crippen molar-refractivity contribution in [2.75, 3.05) is 32.0 Å². The van der Waals surface area contributed by atoms with Gasteiger partial charge in [0, 0.05) is 24.0 Å². The van der Waals surface area contributed by atoms with E-state index in [2.05, 4.69) is 15.4 Å². The highest BCUT2D eigenvalue weighted by molar-refractivity contribution is 5.70. The number of likely N-dealkylation sites (tertiary alicyclic amines) is 1. The predicted octanol–water partition coefficient (Wildman–Crippen LogP) is 3.73. The number of aromatic nitrogens is 2. The molecule has 146 valence electrons. The molecular formula is C22H26N4O2. The van der Waals surface area contributed by atoms with Crippen LogP contribution in [0.5, 0.6) is 11.5 Å². The third kappa shape index (κ3) is 3.29. The zero-order valence-electron chi connectivity index (χ0n) is 16.1. The highest BCUT2D eigenvalue weighted by Gasteiger charge is 2.20. The lowest BCUT2D eigenvalue weighted by Crippen LogP contribution is -2.25. The lowest BCUT2D eigenvalue weighted by Gasteiger charge is -2.21. The second kappa shape index (κ2) is 7.36. The average Bonchev–Trinajstić information content (AvgIpc) is 2.89. The Morgan fingerprint density at radius 2 is 1.71 bits per heavy atom. The molecule has 0 radical (unpaired) electrons. The van der Waals surface area contributed by atoms with Gasteiger partial charge in [-0.2, -0.15) is 0 Å². The zero-order valence-corrected chi connectivity index (χ0v) is 16.1. The first kappa shape index (κ1) is 17.4. The van der Waals surface area contributed by atoms with E-state index in [0.29, 0.717) is 13.2 Å². The molecule has 0 unspecified atom stereocenters. The minimum absolute atomic E-state index is 0.582. The lowest BCUT2D eigenvalue weighted by atomic mass is 10.1. The van der Waals surface area contributed by atoms with Gasteiger partial charge in [0.1, 0.15) is 18.9 Å². The van der Waals surface area contributed by atoms with E-state index in [0.717, 1.165) is 53.7 Å². The molecule has 6 nitrogen and oxygen atoms in total. The number of hydrogen-bond acceptors (Lipinski definition) is 5. The minimum atomic E-state index is 0.582. The summed E-state index contributed by atoms with van der Waals surface area (Å²) in [4.78, 5) is 7.49. The molecule has 0 aliphatic carbocycles. The Morgan fingerprint density at radius 3 is 2.54 bits per heavy atom. The molecule has 0 saturated carbocycles. The van der Waals surface area contributed by atoms with Gasteiger partial charge in [-0.25, -0.2) is 4.98 Å². The number of hydrogen-bond donors (Lipinski definition) is 1. The van der Waals surface area contributed by atoms with Crippen LogP contribution in [0.4, 0.5) is 5.69 Å². The molecule has 2 aromatic heterocycles. The maximum atomic E-state index is 6.09. The largest absolute Gasteiger partial charge is 0.486 e. The molecule has 28 heavy (non-hydrogen) atoms. The quantitative estimate of drug-likeness (QED) is 0.752. The van der Waals surface area contributed by atoms with Crippen molar-refractivity contribution in [2.24, 2.45) is 0 Å². The normalized spacial score (nSPS) is 17.6. The van der Waals surface area contributed by atoms with Gasteiger partial charge in [-0.3, -0.25) is 4.90 Å². The van der Waals surface area contributed by atoms with Crippen molar-refractivity contribution in [2.45, 2.75) is 32.2 Å². The van der Waals surface area contributed by atoms with Gasteiger partial charge in [-0.1, -0.05) is 12.8 Å². The van der Waals surface area contributed by atoms with Gasteiger partial charge < -0.3 is 19.6 Å². The monoisotopic (exact) mass is 378 g/mol. The molecule has 1 saturated heterocycles. The van der Waals surface area contributed by atoms with E-state index >= 15 is 0 Å². The molecule has 5 rings (SSSR count). The van der Waals surface area contributed by atoms with E-state index in [-0.39, 0.29) is 0 Å². The fourth-order valence-corrected chi connectivity index (χ4v) is 4.19. The Labute approximate surface area is 164 Å². The third-order valence-corrected chi connectivity index (χ3v) is 5.63. The summed E-state index contributed by atoms with van der Waals surface area (Å²) >= 11 is 0. The molecule has 4 heterocycles. The van der Waals surface area contributed by atoms with Crippen LogP contribution in [0.25, 0.3) is 16.9 Å². The summed E-state index contributed by atoms with van der Waals surface area (Å²) in [5.74, 6) is 1.60. The number of rotatable bonds is 3. The molecule has 3 aromatic rings. The van der Waals surface area contributed by atoms with Crippen molar-refractivity contribution >= 4 is 11.3 Å². The summed E-state index contributed by atoms with van der Waals surface area (Å²) in [5, 5.41) is 0. The maximum Gasteiger partial charge on any atom is 0.162 e. The fourth-order valence-electron chi connectivity index (χ4n) is 4.19. The number of nitrogen functional groups attached to an aromatic ring is 1. The molecule has 1 fully saturated rings. The van der Waals surface area contributed by atoms with Gasteiger partial charge in [0.25, 0.3) is 0 Å². The van der Waals surface area contributed by atoms with Crippen molar-refractivity contribution in [3.05, 3.63) is 42.2 Å². The first-order chi connectivity index (χ1) is 13.8. The second-order valence-electron chi connectivity index (χ2n) is 7.65. The van der Waals surface area contributed by atoms with Gasteiger partial charge in [-0.05, 0) is 56.3 Å². The lowest BCUT2D eigenvalue weighted by molar-refractivity contribution is 0.171. The molecule has 1 aromatic carbocycles. The molecular weight excluding hydrogens is 352 g/mol. The van der Waals surface area contributed by atoms with E-state index in [4.69, 9.17) is 20.2 Å². The number of pyridine rings is 1. The number of ether oxygens (including phenoxy) is 2. The molecule has 0 atom stereocenters. The number of nitrogens with two attached hydrogens (primary N) is 1. The van der Waals surface area contributed by atoms with Crippen LogP contribution in [0.2, 0.25) is 0 Å². The Morgan fingerprint density at radius 1 is 0.929 bits per heavy atom. The Hall–Kier alpha value is -2.73. The van der Waals surface area contributed by atoms with Gasteiger partial charge in [0.05, 0.1) is 11.4 Å². The second-order valence-corrected chi connectivity index (χ2v) is 7.65. The molecule has 6 heteroatoms. The molecule has 2 aliphatic heterocycles. The summed E-state index contributed by atoms with van der Waals surface area (Å²) in [6, 6.07) is 10.0. The van der Waals surface area contributed by atoms with Gasteiger partial charge in [0.15, 0.2) is 11.5 Å². The SMILES string of the molecule is Nc1ccc2nc(-c3ccc4c(c3)OCCO4)c(CN3CCCCCC3)n2c1. The van der Waals surface area contributed by atoms with Crippen molar-refractivity contribution in [3.63, 3.8) is 0 Å². The maximum absolute atomic E-state index is 6.09. The predicted molar refractivity (Wildman–Crippen MR) is 110 cm³/mol. The molecule has 0 amide bonds. The zero-order chi connectivity index (χ0) is 18.9. The smallest absolute Gasteiger partial charge is 0.162 e. The highest BCUT2D eigenvalue weighted by atomic mass is 16.6. The Balaban J connectivity index is 1.59. The minimum Gasteiger partial charge on any atom is -0.486 e. The Kier molecular flexibility index (Phi) is 4.56. The van der Waals surface area contributed by atoms with Crippen LogP contribution in [0.15, 0.2) is 36.5 Å². The molecule has 0 bridgehead atoms. The van der Waals surface area contributed by atoms with Crippen LogP contribution in [0.1, 0.15) is 31.4 Å². The highest BCUT2D eigenvalue weighted by Crippen LogP contribution is 2.36. The molecule has 2 N–H and O–H groups in total. The van der Waals surface area contributed by atoms with Gasteiger partial charge in [0.2, 0.25) is 0 Å². The first-order valence-electron chi connectivity index (χ1n) is 10.2. The molecule has 0 spiro atoms. The summed E-state index contributed by atoms with van der Waals surface area (Å²) in [5.41, 5.74) is 11.0. The van der Waals surface area contributed by atoms with Crippen molar-refractivity contribution < 1.29 is 9.47 Å². The third-order valence-electron chi connectivity index (χ3n) is 5.63. The van der Waals surface area contributed by atoms with E-state index in [1.54, 1.807) is 0 Å². The van der Waals surface area contributed by atoms with Crippen LogP contribution in [0, 0.1) is 0 Å². The number of benzene rings is 1. The topological polar surface area (TPSA) is 65.0 Å².